The maximum absolute atomic E-state index is 12.8. The molecular formula is C17H10Cl2N2O2S. The average Bonchev–Trinajstić information content (AvgIpc) is 2.54. The molecule has 120 valence electrons. The summed E-state index contributed by atoms with van der Waals surface area (Å²) in [7, 11) is 0. The zero-order chi connectivity index (χ0) is 17.3. The minimum absolute atomic E-state index is 0.0375. The highest BCUT2D eigenvalue weighted by atomic mass is 35.5. The Morgan fingerprint density at radius 1 is 1.04 bits per heavy atom. The monoisotopic (exact) mass is 376 g/mol. The van der Waals surface area contributed by atoms with E-state index in [0.29, 0.717) is 21.3 Å². The van der Waals surface area contributed by atoms with Crippen molar-refractivity contribution in [2.75, 3.05) is 4.90 Å². The van der Waals surface area contributed by atoms with Gasteiger partial charge >= 0.3 is 0 Å². The number of amides is 2. The second kappa shape index (κ2) is 6.73. The normalized spacial score (nSPS) is 16.5. The summed E-state index contributed by atoms with van der Waals surface area (Å²) in [6.45, 7) is 0. The maximum Gasteiger partial charge on any atom is 0.270 e. The van der Waals surface area contributed by atoms with Gasteiger partial charge in [0.05, 0.1) is 5.69 Å². The van der Waals surface area contributed by atoms with Gasteiger partial charge in [-0.05, 0) is 48.1 Å². The highest BCUT2D eigenvalue weighted by molar-refractivity contribution is 7.80. The summed E-state index contributed by atoms with van der Waals surface area (Å²) in [6.07, 6.45) is 1.42. The number of rotatable bonds is 2. The second-order valence-electron chi connectivity index (χ2n) is 4.96. The molecule has 4 nitrogen and oxygen atoms in total. The molecule has 0 saturated carbocycles. The Kier molecular flexibility index (Phi) is 4.66. The van der Waals surface area contributed by atoms with E-state index in [2.05, 4.69) is 5.32 Å². The van der Waals surface area contributed by atoms with Crippen LogP contribution < -0.4 is 10.2 Å². The van der Waals surface area contributed by atoms with Gasteiger partial charge in [0.2, 0.25) is 0 Å². The minimum atomic E-state index is -0.566. The van der Waals surface area contributed by atoms with E-state index in [1.54, 1.807) is 42.5 Å². The number of para-hydroxylation sites is 1. The van der Waals surface area contributed by atoms with E-state index in [-0.39, 0.29) is 10.7 Å². The lowest BCUT2D eigenvalue weighted by Gasteiger charge is -2.28. The number of hydrogen-bond acceptors (Lipinski definition) is 3. The van der Waals surface area contributed by atoms with Crippen molar-refractivity contribution in [3.8, 4) is 0 Å². The fourth-order valence-electron chi connectivity index (χ4n) is 2.24. The first kappa shape index (κ1) is 16.6. The molecule has 1 saturated heterocycles. The van der Waals surface area contributed by atoms with Crippen molar-refractivity contribution in [2.45, 2.75) is 0 Å². The lowest BCUT2D eigenvalue weighted by molar-refractivity contribution is -0.122. The van der Waals surface area contributed by atoms with Crippen LogP contribution in [-0.2, 0) is 9.59 Å². The largest absolute Gasteiger partial charge is 0.298 e. The molecule has 1 aliphatic rings. The zero-order valence-corrected chi connectivity index (χ0v) is 14.5. The van der Waals surface area contributed by atoms with Crippen LogP contribution in [-0.4, -0.2) is 16.9 Å². The molecule has 2 amide bonds. The van der Waals surface area contributed by atoms with Crippen LogP contribution in [0, 0.1) is 0 Å². The Labute approximate surface area is 153 Å². The molecule has 0 radical (unpaired) electrons. The van der Waals surface area contributed by atoms with Gasteiger partial charge in [-0.25, -0.2) is 0 Å². The first-order valence-corrected chi connectivity index (χ1v) is 8.05. The van der Waals surface area contributed by atoms with Gasteiger partial charge in [-0.1, -0.05) is 47.5 Å². The van der Waals surface area contributed by atoms with Crippen molar-refractivity contribution in [1.82, 2.24) is 5.32 Å². The van der Waals surface area contributed by atoms with E-state index >= 15 is 0 Å². The lowest BCUT2D eigenvalue weighted by Crippen LogP contribution is -2.54. The number of carbonyl (C=O) groups is 2. The van der Waals surface area contributed by atoms with Crippen LogP contribution in [0.1, 0.15) is 5.56 Å². The molecular weight excluding hydrogens is 367 g/mol. The highest BCUT2D eigenvalue weighted by Gasteiger charge is 2.34. The Hall–Kier alpha value is -2.21. The summed E-state index contributed by atoms with van der Waals surface area (Å²) >= 11 is 17.1. The molecule has 24 heavy (non-hydrogen) atoms. The summed E-state index contributed by atoms with van der Waals surface area (Å²) in [6, 6.07) is 13.7. The third-order valence-electron chi connectivity index (χ3n) is 3.38. The summed E-state index contributed by atoms with van der Waals surface area (Å²) in [5.41, 5.74) is 1.03. The molecule has 1 N–H and O–H groups in total. The highest BCUT2D eigenvalue weighted by Crippen LogP contribution is 2.26. The first-order valence-electron chi connectivity index (χ1n) is 6.89. The summed E-state index contributed by atoms with van der Waals surface area (Å²) in [5.74, 6) is -1.08. The van der Waals surface area contributed by atoms with Crippen LogP contribution in [0.2, 0.25) is 10.0 Å². The van der Waals surface area contributed by atoms with E-state index in [9.17, 15) is 9.59 Å². The Morgan fingerprint density at radius 2 is 1.75 bits per heavy atom. The Bertz CT molecular complexity index is 881. The SMILES string of the molecule is O=C1NC(=S)N(c2ccccc2)C(=O)C1=Cc1ccc(Cl)cc1Cl. The van der Waals surface area contributed by atoms with Crippen LogP contribution in [0.25, 0.3) is 6.08 Å². The van der Waals surface area contributed by atoms with Crippen LogP contribution >= 0.6 is 35.4 Å². The van der Waals surface area contributed by atoms with E-state index in [4.69, 9.17) is 35.4 Å². The van der Waals surface area contributed by atoms with E-state index in [1.165, 1.54) is 11.0 Å². The minimum Gasteiger partial charge on any atom is -0.298 e. The van der Waals surface area contributed by atoms with Gasteiger partial charge in [-0.15, -0.1) is 0 Å². The average molecular weight is 377 g/mol. The van der Waals surface area contributed by atoms with Crippen LogP contribution in [0.5, 0.6) is 0 Å². The molecule has 3 rings (SSSR count). The van der Waals surface area contributed by atoms with Crippen molar-refractivity contribution in [2.24, 2.45) is 0 Å². The standard InChI is InChI=1S/C17H10Cl2N2O2S/c18-11-7-6-10(14(19)9-11)8-13-15(22)20-17(24)21(16(13)23)12-4-2-1-3-5-12/h1-9H,(H,20,22,24). The second-order valence-corrected chi connectivity index (χ2v) is 6.19. The van der Waals surface area contributed by atoms with Gasteiger partial charge in [-0.3, -0.25) is 19.8 Å². The van der Waals surface area contributed by atoms with Gasteiger partial charge in [-0.2, -0.15) is 0 Å². The smallest absolute Gasteiger partial charge is 0.270 e. The van der Waals surface area contributed by atoms with Gasteiger partial charge in [0.15, 0.2) is 5.11 Å². The van der Waals surface area contributed by atoms with Crippen LogP contribution in [0.4, 0.5) is 5.69 Å². The number of nitrogens with one attached hydrogen (secondary N) is 1. The number of hydrogen-bond donors (Lipinski definition) is 1. The first-order chi connectivity index (χ1) is 11.5. The molecule has 1 aliphatic heterocycles. The summed E-state index contributed by atoms with van der Waals surface area (Å²) in [5, 5.41) is 3.37. The molecule has 0 atom stereocenters. The number of anilines is 1. The van der Waals surface area contributed by atoms with Gasteiger partial charge in [0.25, 0.3) is 11.8 Å². The molecule has 0 aliphatic carbocycles. The van der Waals surface area contributed by atoms with Gasteiger partial charge in [0.1, 0.15) is 5.57 Å². The zero-order valence-electron chi connectivity index (χ0n) is 12.1. The molecule has 7 heteroatoms. The molecule has 2 aromatic carbocycles. The third-order valence-corrected chi connectivity index (χ3v) is 4.23. The number of nitrogens with zero attached hydrogens (tertiary/aromatic N) is 1. The molecule has 0 aromatic heterocycles. The fraction of sp³-hybridized carbons (Fsp3) is 0. The molecule has 1 fully saturated rings. The quantitative estimate of drug-likeness (QED) is 0.492. The van der Waals surface area contributed by atoms with Crippen LogP contribution in [0.3, 0.4) is 0 Å². The number of benzene rings is 2. The van der Waals surface area contributed by atoms with E-state index in [1.807, 2.05) is 6.07 Å². The van der Waals surface area contributed by atoms with Crippen molar-refractivity contribution < 1.29 is 9.59 Å². The van der Waals surface area contributed by atoms with E-state index in [0.717, 1.165) is 0 Å². The summed E-state index contributed by atoms with van der Waals surface area (Å²) in [4.78, 5) is 26.2. The van der Waals surface area contributed by atoms with Crippen molar-refractivity contribution >= 4 is 64.1 Å². The maximum atomic E-state index is 12.8. The van der Waals surface area contributed by atoms with Crippen molar-refractivity contribution in [3.05, 3.63) is 69.7 Å². The predicted molar refractivity (Wildman–Crippen MR) is 99.1 cm³/mol. The number of carbonyl (C=O) groups excluding carboxylic acids is 2. The molecule has 1 heterocycles. The van der Waals surface area contributed by atoms with Crippen molar-refractivity contribution in [1.29, 1.82) is 0 Å². The van der Waals surface area contributed by atoms with Gasteiger partial charge in [0, 0.05) is 10.0 Å². The summed E-state index contributed by atoms with van der Waals surface area (Å²) < 4.78 is 0. The Morgan fingerprint density at radius 3 is 2.42 bits per heavy atom. The Balaban J connectivity index is 2.04. The van der Waals surface area contributed by atoms with Gasteiger partial charge < -0.3 is 0 Å². The third kappa shape index (κ3) is 3.19. The predicted octanol–water partition coefficient (Wildman–Crippen LogP) is 3.82. The van der Waals surface area contributed by atoms with Crippen LogP contribution in [0.15, 0.2) is 54.1 Å². The fourth-order valence-corrected chi connectivity index (χ4v) is 2.99. The molecule has 2 aromatic rings. The molecule has 0 spiro atoms. The molecule has 0 bridgehead atoms. The van der Waals surface area contributed by atoms with E-state index < -0.39 is 11.8 Å². The van der Waals surface area contributed by atoms with Crippen molar-refractivity contribution in [3.63, 3.8) is 0 Å². The number of thiocarbonyl (C=S) groups is 1. The lowest BCUT2D eigenvalue weighted by atomic mass is 10.1. The molecule has 0 unspecified atom stereocenters. The number of halogens is 2. The topological polar surface area (TPSA) is 49.4 Å².